The molecule has 21 heavy (non-hydrogen) atoms. The van der Waals surface area contributed by atoms with Gasteiger partial charge in [0.05, 0.1) is 0 Å². The quantitative estimate of drug-likeness (QED) is 0.645. The van der Waals surface area contributed by atoms with Crippen molar-refractivity contribution < 1.29 is 0 Å². The van der Waals surface area contributed by atoms with E-state index in [1.807, 2.05) is 0 Å². The fourth-order valence-corrected chi connectivity index (χ4v) is 3.94. The van der Waals surface area contributed by atoms with E-state index in [1.165, 1.54) is 41.4 Å². The van der Waals surface area contributed by atoms with Crippen molar-refractivity contribution in [3.05, 3.63) is 71.4 Å². The van der Waals surface area contributed by atoms with Gasteiger partial charge in [0.1, 0.15) is 0 Å². The van der Waals surface area contributed by atoms with E-state index in [1.54, 1.807) is 5.56 Å². The predicted molar refractivity (Wildman–Crippen MR) is 88.8 cm³/mol. The van der Waals surface area contributed by atoms with Crippen LogP contribution in [0.25, 0.3) is 10.9 Å². The summed E-state index contributed by atoms with van der Waals surface area (Å²) in [6.45, 7) is 2.38. The Bertz CT molecular complexity index is 754. The molecule has 0 fully saturated rings. The number of hydrogen-bond acceptors (Lipinski definition) is 0. The first kappa shape index (κ1) is 12.7. The number of fused-ring (bicyclic) bond motifs is 3. The van der Waals surface area contributed by atoms with E-state index < -0.39 is 0 Å². The Kier molecular flexibility index (Phi) is 3.07. The minimum atomic E-state index is 0.568. The molecule has 106 valence electrons. The first-order valence-corrected chi connectivity index (χ1v) is 7.99. The Morgan fingerprint density at radius 3 is 2.62 bits per heavy atom. The smallest absolute Gasteiger partial charge is 0.0459 e. The molecule has 0 saturated carbocycles. The third-order valence-electron chi connectivity index (χ3n) is 5.09. The Labute approximate surface area is 126 Å². The number of benzene rings is 2. The largest absolute Gasteiger partial charge is 0.358 e. The molecule has 1 aliphatic rings. The molecule has 0 aliphatic heterocycles. The van der Waals surface area contributed by atoms with E-state index in [4.69, 9.17) is 0 Å². The minimum Gasteiger partial charge on any atom is -0.358 e. The zero-order chi connectivity index (χ0) is 14.2. The van der Waals surface area contributed by atoms with Crippen molar-refractivity contribution in [3.63, 3.8) is 0 Å². The van der Waals surface area contributed by atoms with Gasteiger partial charge in [0.15, 0.2) is 0 Å². The third-order valence-corrected chi connectivity index (χ3v) is 5.09. The van der Waals surface area contributed by atoms with E-state index in [-0.39, 0.29) is 0 Å². The summed E-state index contributed by atoms with van der Waals surface area (Å²) in [6.07, 6.45) is 3.81. The van der Waals surface area contributed by atoms with Gasteiger partial charge in [0.2, 0.25) is 0 Å². The normalized spacial score (nSPS) is 19.4. The lowest BCUT2D eigenvalue weighted by Crippen LogP contribution is -2.15. The molecule has 1 nitrogen and oxygen atoms in total. The average molecular weight is 275 g/mol. The number of aromatic nitrogens is 1. The number of para-hydroxylation sites is 1. The molecular weight excluding hydrogens is 254 g/mol. The van der Waals surface area contributed by atoms with Crippen LogP contribution in [0.4, 0.5) is 0 Å². The average Bonchev–Trinajstić information content (AvgIpc) is 2.94. The number of hydrogen-bond donors (Lipinski definition) is 1. The van der Waals surface area contributed by atoms with Crippen LogP contribution in [-0.4, -0.2) is 4.98 Å². The topological polar surface area (TPSA) is 15.8 Å². The third kappa shape index (κ3) is 2.08. The second-order valence-corrected chi connectivity index (χ2v) is 6.26. The number of H-pyrrole nitrogens is 1. The van der Waals surface area contributed by atoms with E-state index in [0.29, 0.717) is 11.8 Å². The van der Waals surface area contributed by atoms with Crippen molar-refractivity contribution in [1.82, 2.24) is 4.98 Å². The summed E-state index contributed by atoms with van der Waals surface area (Å²) < 4.78 is 0. The monoisotopic (exact) mass is 275 g/mol. The maximum absolute atomic E-state index is 3.72. The molecule has 2 aromatic carbocycles. The highest BCUT2D eigenvalue weighted by molar-refractivity contribution is 5.85. The second-order valence-electron chi connectivity index (χ2n) is 6.26. The van der Waals surface area contributed by atoms with Gasteiger partial charge < -0.3 is 4.98 Å². The highest BCUT2D eigenvalue weighted by Gasteiger charge is 2.28. The molecule has 2 atom stereocenters. The lowest BCUT2D eigenvalue weighted by molar-refractivity contribution is 0.481. The van der Waals surface area contributed by atoms with Gasteiger partial charge in [-0.25, -0.2) is 0 Å². The predicted octanol–water partition coefficient (Wildman–Crippen LogP) is 5.39. The van der Waals surface area contributed by atoms with Crippen LogP contribution < -0.4 is 0 Å². The van der Waals surface area contributed by atoms with E-state index in [0.717, 1.165) is 0 Å². The maximum atomic E-state index is 3.72. The molecule has 2 unspecified atom stereocenters. The van der Waals surface area contributed by atoms with Crippen molar-refractivity contribution in [2.75, 3.05) is 0 Å². The molecule has 0 saturated heterocycles. The van der Waals surface area contributed by atoms with Gasteiger partial charge in [-0.1, -0.05) is 55.5 Å². The van der Waals surface area contributed by atoms with Gasteiger partial charge in [0, 0.05) is 22.5 Å². The molecule has 4 rings (SSSR count). The Morgan fingerprint density at radius 2 is 1.76 bits per heavy atom. The van der Waals surface area contributed by atoms with Gasteiger partial charge >= 0.3 is 0 Å². The lowest BCUT2D eigenvalue weighted by Gasteiger charge is -2.28. The van der Waals surface area contributed by atoms with Crippen molar-refractivity contribution in [2.45, 2.75) is 38.0 Å². The summed E-state index contributed by atoms with van der Waals surface area (Å²) in [4.78, 5) is 3.72. The summed E-state index contributed by atoms with van der Waals surface area (Å²) in [6, 6.07) is 19.7. The number of aromatic amines is 1. The molecule has 0 spiro atoms. The summed E-state index contributed by atoms with van der Waals surface area (Å²) in [5.74, 6) is 1.18. The first-order valence-electron chi connectivity index (χ1n) is 7.99. The molecule has 0 radical (unpaired) electrons. The van der Waals surface area contributed by atoms with Crippen LogP contribution >= 0.6 is 0 Å². The highest BCUT2D eigenvalue weighted by atomic mass is 14.7. The summed E-state index contributed by atoms with van der Waals surface area (Å²) >= 11 is 0. The lowest BCUT2D eigenvalue weighted by atomic mass is 9.77. The van der Waals surface area contributed by atoms with Gasteiger partial charge in [-0.15, -0.1) is 0 Å². The van der Waals surface area contributed by atoms with Crippen LogP contribution in [0.1, 0.15) is 48.4 Å². The SMILES string of the molecule is CC(c1ccccc1)C1CCCc2c1[nH]c1ccccc21. The molecular formula is C20H21N. The maximum Gasteiger partial charge on any atom is 0.0459 e. The van der Waals surface area contributed by atoms with Crippen LogP contribution in [-0.2, 0) is 6.42 Å². The Morgan fingerprint density at radius 1 is 1.00 bits per heavy atom. The molecule has 0 amide bonds. The summed E-state index contributed by atoms with van der Waals surface area (Å²) in [7, 11) is 0. The van der Waals surface area contributed by atoms with Crippen molar-refractivity contribution >= 4 is 10.9 Å². The van der Waals surface area contributed by atoms with E-state index in [2.05, 4.69) is 66.5 Å². The number of rotatable bonds is 2. The molecule has 0 bridgehead atoms. The van der Waals surface area contributed by atoms with Crippen LogP contribution in [0.15, 0.2) is 54.6 Å². The van der Waals surface area contributed by atoms with E-state index in [9.17, 15) is 0 Å². The van der Waals surface area contributed by atoms with Gasteiger partial charge in [-0.05, 0) is 42.4 Å². The molecule has 1 aliphatic carbocycles. The fraction of sp³-hybridized carbons (Fsp3) is 0.300. The standard InChI is InChI=1S/C20H21N/c1-14(15-8-3-2-4-9-15)16-11-7-12-18-17-10-5-6-13-19(17)21-20(16)18/h2-6,8-10,13-14,16,21H,7,11-12H2,1H3. The van der Waals surface area contributed by atoms with Crippen LogP contribution in [0.3, 0.4) is 0 Å². The molecule has 1 N–H and O–H groups in total. The Hall–Kier alpha value is -2.02. The summed E-state index contributed by atoms with van der Waals surface area (Å²) in [5, 5.41) is 1.43. The van der Waals surface area contributed by atoms with Crippen LogP contribution in [0, 0.1) is 0 Å². The zero-order valence-corrected chi connectivity index (χ0v) is 12.5. The van der Waals surface area contributed by atoms with Crippen LogP contribution in [0.2, 0.25) is 0 Å². The minimum absolute atomic E-state index is 0.568. The summed E-state index contributed by atoms with van der Waals surface area (Å²) in [5.41, 5.74) is 5.80. The van der Waals surface area contributed by atoms with Crippen LogP contribution in [0.5, 0.6) is 0 Å². The van der Waals surface area contributed by atoms with Gasteiger partial charge in [-0.2, -0.15) is 0 Å². The second kappa shape index (κ2) is 5.07. The van der Waals surface area contributed by atoms with Crippen molar-refractivity contribution in [2.24, 2.45) is 0 Å². The molecule has 1 heteroatoms. The molecule has 1 heterocycles. The van der Waals surface area contributed by atoms with Crippen molar-refractivity contribution in [3.8, 4) is 0 Å². The van der Waals surface area contributed by atoms with E-state index >= 15 is 0 Å². The van der Waals surface area contributed by atoms with Crippen molar-refractivity contribution in [1.29, 1.82) is 0 Å². The Balaban J connectivity index is 1.80. The van der Waals surface area contributed by atoms with Gasteiger partial charge in [-0.3, -0.25) is 0 Å². The highest BCUT2D eigenvalue weighted by Crippen LogP contribution is 2.43. The number of nitrogens with one attached hydrogen (secondary N) is 1. The zero-order valence-electron chi connectivity index (χ0n) is 12.5. The molecule has 3 aromatic rings. The molecule has 1 aromatic heterocycles. The first-order chi connectivity index (χ1) is 10.3. The number of aryl methyl sites for hydroxylation is 1. The van der Waals surface area contributed by atoms with Gasteiger partial charge in [0.25, 0.3) is 0 Å². The fourth-order valence-electron chi connectivity index (χ4n) is 3.94.